The van der Waals surface area contributed by atoms with E-state index in [1.54, 1.807) is 18.5 Å². The molecule has 0 spiro atoms. The molecular formula is C28H37N7O3. The molecule has 38 heavy (non-hydrogen) atoms. The molecule has 0 saturated heterocycles. The number of fused-ring (bicyclic) bond motifs is 1. The summed E-state index contributed by atoms with van der Waals surface area (Å²) < 4.78 is 5.90. The normalized spacial score (nSPS) is 13.4. The van der Waals surface area contributed by atoms with Gasteiger partial charge in [-0.3, -0.25) is 9.88 Å². The highest BCUT2D eigenvalue weighted by Crippen LogP contribution is 2.20. The summed E-state index contributed by atoms with van der Waals surface area (Å²) in [5.41, 5.74) is 3.36. The predicted molar refractivity (Wildman–Crippen MR) is 147 cm³/mol. The highest BCUT2D eigenvalue weighted by molar-refractivity contribution is 5.76. The average Bonchev–Trinajstić information content (AvgIpc) is 2.94. The van der Waals surface area contributed by atoms with E-state index in [0.717, 1.165) is 68.1 Å². The summed E-state index contributed by atoms with van der Waals surface area (Å²) in [6.45, 7) is 5.58. The Morgan fingerprint density at radius 2 is 2.08 bits per heavy atom. The van der Waals surface area contributed by atoms with Crippen molar-refractivity contribution in [2.75, 3.05) is 43.4 Å². The Labute approximate surface area is 223 Å². The van der Waals surface area contributed by atoms with Gasteiger partial charge < -0.3 is 20.5 Å². The number of aromatic nitrogens is 4. The first kappa shape index (κ1) is 27.3. The molecular weight excluding hydrogens is 482 g/mol. The topological polar surface area (TPSA) is 125 Å². The molecule has 0 bridgehead atoms. The molecule has 3 aromatic heterocycles. The third-order valence-electron chi connectivity index (χ3n) is 6.61. The van der Waals surface area contributed by atoms with Gasteiger partial charge in [-0.1, -0.05) is 6.07 Å². The number of aliphatic carboxylic acids is 1. The van der Waals surface area contributed by atoms with Crippen molar-refractivity contribution in [3.05, 3.63) is 66.0 Å². The van der Waals surface area contributed by atoms with Crippen molar-refractivity contribution in [2.24, 2.45) is 0 Å². The highest BCUT2D eigenvalue weighted by Gasteiger charge is 2.19. The van der Waals surface area contributed by atoms with E-state index in [-0.39, 0.29) is 0 Å². The second-order valence-corrected chi connectivity index (χ2v) is 9.54. The maximum atomic E-state index is 11.9. The van der Waals surface area contributed by atoms with Gasteiger partial charge in [-0.05, 0) is 81.8 Å². The van der Waals surface area contributed by atoms with E-state index in [9.17, 15) is 9.90 Å². The van der Waals surface area contributed by atoms with Crippen LogP contribution in [0.1, 0.15) is 42.6 Å². The molecule has 0 unspecified atom stereocenters. The van der Waals surface area contributed by atoms with Gasteiger partial charge in [-0.2, -0.15) is 0 Å². The molecule has 1 aliphatic heterocycles. The van der Waals surface area contributed by atoms with Crippen LogP contribution in [0, 0.1) is 6.92 Å². The number of anilines is 2. The summed E-state index contributed by atoms with van der Waals surface area (Å²) in [6, 6.07) is 9.10. The molecule has 0 fully saturated rings. The summed E-state index contributed by atoms with van der Waals surface area (Å²) >= 11 is 0. The van der Waals surface area contributed by atoms with Gasteiger partial charge in [0, 0.05) is 37.2 Å². The van der Waals surface area contributed by atoms with Gasteiger partial charge in [-0.15, -0.1) is 0 Å². The van der Waals surface area contributed by atoms with E-state index in [2.05, 4.69) is 42.6 Å². The molecule has 1 atom stereocenters. The zero-order valence-electron chi connectivity index (χ0n) is 22.0. The molecule has 0 saturated carbocycles. The van der Waals surface area contributed by atoms with Gasteiger partial charge >= 0.3 is 5.97 Å². The van der Waals surface area contributed by atoms with Crippen molar-refractivity contribution in [2.45, 2.75) is 51.5 Å². The molecule has 4 rings (SSSR count). The van der Waals surface area contributed by atoms with E-state index in [1.807, 2.05) is 19.1 Å². The van der Waals surface area contributed by atoms with Crippen molar-refractivity contribution < 1.29 is 14.6 Å². The van der Waals surface area contributed by atoms with Crippen molar-refractivity contribution in [3.63, 3.8) is 0 Å². The number of nitrogens with one attached hydrogen (secondary N) is 2. The SMILES string of the molecule is Cc1ccc(OCCN(CCCCc2ccc3c(n2)NCCC3)CC[C@H](Nc2ccncn2)C(=O)O)cn1. The fourth-order valence-electron chi connectivity index (χ4n) is 4.44. The van der Waals surface area contributed by atoms with Crippen LogP contribution in [0.25, 0.3) is 0 Å². The predicted octanol–water partition coefficient (Wildman–Crippen LogP) is 3.59. The maximum Gasteiger partial charge on any atom is 0.326 e. The van der Waals surface area contributed by atoms with Crippen molar-refractivity contribution in [3.8, 4) is 5.75 Å². The molecule has 0 amide bonds. The Morgan fingerprint density at radius 3 is 2.87 bits per heavy atom. The lowest BCUT2D eigenvalue weighted by Gasteiger charge is -2.24. The second-order valence-electron chi connectivity index (χ2n) is 9.54. The molecule has 3 aromatic rings. The number of hydrogen-bond donors (Lipinski definition) is 3. The number of carboxylic acid groups (broad SMARTS) is 1. The van der Waals surface area contributed by atoms with E-state index >= 15 is 0 Å². The van der Waals surface area contributed by atoms with E-state index < -0.39 is 12.0 Å². The third-order valence-corrected chi connectivity index (χ3v) is 6.61. The first-order valence-corrected chi connectivity index (χ1v) is 13.3. The lowest BCUT2D eigenvalue weighted by Crippen LogP contribution is -2.37. The van der Waals surface area contributed by atoms with Gasteiger partial charge in [0.15, 0.2) is 0 Å². The van der Waals surface area contributed by atoms with Crippen molar-refractivity contribution >= 4 is 17.6 Å². The molecule has 10 nitrogen and oxygen atoms in total. The second kappa shape index (κ2) is 14.2. The first-order valence-electron chi connectivity index (χ1n) is 13.3. The van der Waals surface area contributed by atoms with E-state index in [1.165, 1.54) is 11.9 Å². The van der Waals surface area contributed by atoms with Crippen molar-refractivity contribution in [1.82, 2.24) is 24.8 Å². The van der Waals surface area contributed by atoms with Crippen LogP contribution in [0.4, 0.5) is 11.6 Å². The van der Waals surface area contributed by atoms with Gasteiger partial charge in [-0.25, -0.2) is 19.7 Å². The standard InChI is InChI=1S/C28H37N7O3/c1-21-7-10-24(19-31-21)38-18-17-35(16-12-25(28(36)37)34-26-11-14-29-20-32-26)15-3-2-6-23-9-8-22-5-4-13-30-27(22)33-23/h7-11,14,19-20,25H,2-6,12-13,15-18H2,1H3,(H,30,33)(H,36,37)(H,29,32,34)/t25-/m0/s1. The largest absolute Gasteiger partial charge is 0.491 e. The zero-order chi connectivity index (χ0) is 26.6. The fourth-order valence-corrected chi connectivity index (χ4v) is 4.44. The number of carboxylic acids is 1. The average molecular weight is 520 g/mol. The van der Waals surface area contributed by atoms with Crippen LogP contribution in [0.15, 0.2) is 49.1 Å². The minimum absolute atomic E-state index is 0.434. The molecule has 3 N–H and O–H groups in total. The maximum absolute atomic E-state index is 11.9. The molecule has 0 aliphatic carbocycles. The Morgan fingerprint density at radius 1 is 1.16 bits per heavy atom. The van der Waals surface area contributed by atoms with E-state index in [4.69, 9.17) is 9.72 Å². The zero-order valence-corrected chi connectivity index (χ0v) is 22.0. The molecule has 202 valence electrons. The minimum Gasteiger partial charge on any atom is -0.491 e. The van der Waals surface area contributed by atoms with E-state index in [0.29, 0.717) is 31.9 Å². The first-order chi connectivity index (χ1) is 18.6. The minimum atomic E-state index is -0.905. The summed E-state index contributed by atoms with van der Waals surface area (Å²) in [7, 11) is 0. The number of rotatable bonds is 15. The number of carbonyl (C=O) groups is 1. The number of aryl methyl sites for hydroxylation is 3. The Kier molecular flexibility index (Phi) is 10.2. The Hall–Kier alpha value is -3.79. The summed E-state index contributed by atoms with van der Waals surface area (Å²) in [5.74, 6) is 1.37. The molecule has 0 aromatic carbocycles. The van der Waals surface area contributed by atoms with Crippen LogP contribution in [0.2, 0.25) is 0 Å². The van der Waals surface area contributed by atoms with Gasteiger partial charge in [0.2, 0.25) is 0 Å². The smallest absolute Gasteiger partial charge is 0.326 e. The number of pyridine rings is 2. The van der Waals surface area contributed by atoms with Crippen LogP contribution in [-0.2, 0) is 17.6 Å². The van der Waals surface area contributed by atoms with Crippen LogP contribution < -0.4 is 15.4 Å². The third kappa shape index (κ3) is 8.65. The quantitative estimate of drug-likeness (QED) is 0.257. The van der Waals surface area contributed by atoms with Crippen LogP contribution in [0.3, 0.4) is 0 Å². The lowest BCUT2D eigenvalue weighted by molar-refractivity contribution is -0.138. The number of nitrogens with zero attached hydrogens (tertiary/aromatic N) is 5. The Balaban J connectivity index is 1.29. The van der Waals surface area contributed by atoms with Crippen molar-refractivity contribution in [1.29, 1.82) is 0 Å². The summed E-state index contributed by atoms with van der Waals surface area (Å²) in [6.07, 6.45) is 10.3. The van der Waals surface area contributed by atoms with Gasteiger partial charge in [0.1, 0.15) is 36.4 Å². The van der Waals surface area contributed by atoms with Crippen LogP contribution in [0.5, 0.6) is 5.75 Å². The molecule has 4 heterocycles. The molecule has 1 aliphatic rings. The number of ether oxygens (including phenoxy) is 1. The number of hydrogen-bond acceptors (Lipinski definition) is 9. The van der Waals surface area contributed by atoms with Gasteiger partial charge in [0.25, 0.3) is 0 Å². The van der Waals surface area contributed by atoms with Crippen LogP contribution in [-0.4, -0.2) is 74.7 Å². The fraction of sp³-hybridized carbons (Fsp3) is 0.464. The lowest BCUT2D eigenvalue weighted by atomic mass is 10.1. The number of unbranched alkanes of at least 4 members (excludes halogenated alkanes) is 1. The van der Waals surface area contributed by atoms with Crippen LogP contribution >= 0.6 is 0 Å². The highest BCUT2D eigenvalue weighted by atomic mass is 16.5. The Bertz CT molecular complexity index is 1140. The molecule has 10 heteroatoms. The summed E-state index contributed by atoms with van der Waals surface area (Å²) in [4.78, 5) is 31.2. The molecule has 0 radical (unpaired) electrons. The summed E-state index contributed by atoms with van der Waals surface area (Å²) in [5, 5.41) is 16.2. The van der Waals surface area contributed by atoms with Gasteiger partial charge in [0.05, 0.1) is 6.20 Å². The monoisotopic (exact) mass is 519 g/mol.